The van der Waals surface area contributed by atoms with E-state index in [1.165, 1.54) is 24.3 Å². The molecule has 0 fully saturated rings. The van der Waals surface area contributed by atoms with Gasteiger partial charge in [-0.1, -0.05) is 0 Å². The highest BCUT2D eigenvalue weighted by Gasteiger charge is 2.13. The molecule has 2 aromatic carbocycles. The second kappa shape index (κ2) is 6.27. The van der Waals surface area contributed by atoms with Crippen LogP contribution in [0.15, 0.2) is 36.4 Å². The lowest BCUT2D eigenvalue weighted by molar-refractivity contribution is -0.384. The van der Waals surface area contributed by atoms with Gasteiger partial charge in [-0.3, -0.25) is 10.1 Å². The van der Waals surface area contributed by atoms with E-state index < -0.39 is 28.9 Å². The van der Waals surface area contributed by atoms with Crippen molar-refractivity contribution in [1.29, 1.82) is 0 Å². The minimum atomic E-state index is -0.916. The average molecular weight is 295 g/mol. The lowest BCUT2D eigenvalue weighted by atomic mass is 10.2. The Morgan fingerprint density at radius 2 is 1.67 bits per heavy atom. The van der Waals surface area contributed by atoms with Crippen LogP contribution in [0.3, 0.4) is 0 Å². The van der Waals surface area contributed by atoms with Crippen molar-refractivity contribution in [3.63, 3.8) is 0 Å². The maximum atomic E-state index is 13.6. The van der Waals surface area contributed by atoms with E-state index in [9.17, 15) is 18.9 Å². The minimum absolute atomic E-state index is 0.0802. The summed E-state index contributed by atoms with van der Waals surface area (Å²) in [5.74, 6) is -2.38. The van der Waals surface area contributed by atoms with Gasteiger partial charge in [-0.15, -0.1) is 0 Å². The highest BCUT2D eigenvalue weighted by atomic mass is 19.1. The van der Waals surface area contributed by atoms with Crippen LogP contribution in [0.4, 0.5) is 14.5 Å². The van der Waals surface area contributed by atoms with E-state index in [1.54, 1.807) is 0 Å². The predicted octanol–water partition coefficient (Wildman–Crippen LogP) is 2.94. The van der Waals surface area contributed by atoms with Gasteiger partial charge in [-0.25, -0.2) is 8.78 Å². The molecule has 0 amide bonds. The monoisotopic (exact) mass is 295 g/mol. The number of aliphatic hydroxyl groups is 1. The van der Waals surface area contributed by atoms with Crippen molar-refractivity contribution in [1.82, 2.24) is 0 Å². The quantitative estimate of drug-likeness (QED) is 0.680. The number of non-ortho nitro benzene ring substituents is 1. The zero-order valence-electron chi connectivity index (χ0n) is 10.8. The smallest absolute Gasteiger partial charge is 0.269 e. The fraction of sp³-hybridized carbons (Fsp3) is 0.143. The summed E-state index contributed by atoms with van der Waals surface area (Å²) < 4.78 is 32.3. The number of aliphatic hydroxyl groups excluding tert-OH is 1. The van der Waals surface area contributed by atoms with Crippen LogP contribution in [0.2, 0.25) is 0 Å². The predicted molar refractivity (Wildman–Crippen MR) is 69.7 cm³/mol. The number of benzene rings is 2. The van der Waals surface area contributed by atoms with Crippen LogP contribution in [0.25, 0.3) is 0 Å². The van der Waals surface area contributed by atoms with E-state index in [-0.39, 0.29) is 17.9 Å². The second-order valence-electron chi connectivity index (χ2n) is 4.26. The molecule has 0 saturated carbocycles. The first-order valence-electron chi connectivity index (χ1n) is 5.96. The molecule has 110 valence electrons. The molecule has 0 saturated heterocycles. The number of nitro groups is 1. The Hall–Kier alpha value is -2.54. The van der Waals surface area contributed by atoms with Crippen molar-refractivity contribution < 1.29 is 23.5 Å². The third kappa shape index (κ3) is 3.51. The molecule has 0 heterocycles. The molecule has 2 aromatic rings. The summed E-state index contributed by atoms with van der Waals surface area (Å²) in [7, 11) is 0. The van der Waals surface area contributed by atoms with E-state index in [0.29, 0.717) is 5.56 Å². The largest absolute Gasteiger partial charge is 0.483 e. The van der Waals surface area contributed by atoms with Gasteiger partial charge in [0.05, 0.1) is 11.5 Å². The van der Waals surface area contributed by atoms with Gasteiger partial charge in [-0.2, -0.15) is 0 Å². The van der Waals surface area contributed by atoms with Gasteiger partial charge >= 0.3 is 0 Å². The number of rotatable bonds is 5. The highest BCUT2D eigenvalue weighted by Crippen LogP contribution is 2.24. The molecule has 0 aliphatic heterocycles. The normalized spacial score (nSPS) is 10.4. The highest BCUT2D eigenvalue weighted by molar-refractivity contribution is 5.34. The van der Waals surface area contributed by atoms with Gasteiger partial charge in [0.1, 0.15) is 6.61 Å². The first kappa shape index (κ1) is 14.9. The van der Waals surface area contributed by atoms with Crippen molar-refractivity contribution in [2.75, 3.05) is 0 Å². The van der Waals surface area contributed by atoms with Crippen LogP contribution in [-0.2, 0) is 13.2 Å². The lowest BCUT2D eigenvalue weighted by Crippen LogP contribution is -2.01. The molecule has 0 atom stereocenters. The number of halogens is 2. The minimum Gasteiger partial charge on any atom is -0.483 e. The summed E-state index contributed by atoms with van der Waals surface area (Å²) in [4.78, 5) is 9.95. The third-order valence-electron chi connectivity index (χ3n) is 2.77. The van der Waals surface area contributed by atoms with Gasteiger partial charge in [-0.05, 0) is 35.4 Å². The molecule has 21 heavy (non-hydrogen) atoms. The lowest BCUT2D eigenvalue weighted by Gasteiger charge is -2.09. The molecule has 0 aliphatic carbocycles. The van der Waals surface area contributed by atoms with E-state index in [0.717, 1.165) is 12.1 Å². The van der Waals surface area contributed by atoms with E-state index in [2.05, 4.69) is 0 Å². The van der Waals surface area contributed by atoms with Crippen molar-refractivity contribution in [2.24, 2.45) is 0 Å². The summed E-state index contributed by atoms with van der Waals surface area (Å²) >= 11 is 0. The Morgan fingerprint density at radius 1 is 1.10 bits per heavy atom. The Labute approximate surface area is 118 Å². The summed E-state index contributed by atoms with van der Waals surface area (Å²) in [5.41, 5.74) is 0.557. The molecular formula is C14H11F2NO4. The SMILES string of the molecule is O=[N+]([O-])c1ccc(COc2c(F)cc(CO)cc2F)cc1. The Balaban J connectivity index is 2.11. The molecule has 2 rings (SSSR count). The fourth-order valence-electron chi connectivity index (χ4n) is 1.71. The first-order chi connectivity index (χ1) is 10.0. The van der Waals surface area contributed by atoms with Crippen LogP contribution in [0.5, 0.6) is 5.75 Å². The molecule has 1 N–H and O–H groups in total. The fourth-order valence-corrected chi connectivity index (χ4v) is 1.71. The van der Waals surface area contributed by atoms with Gasteiger partial charge < -0.3 is 9.84 Å². The summed E-state index contributed by atoms with van der Waals surface area (Å²) in [6.07, 6.45) is 0. The zero-order chi connectivity index (χ0) is 15.4. The maximum Gasteiger partial charge on any atom is 0.269 e. The molecule has 0 spiro atoms. The van der Waals surface area contributed by atoms with Crippen molar-refractivity contribution in [3.8, 4) is 5.75 Å². The summed E-state index contributed by atoms with van der Waals surface area (Å²) in [6.45, 7) is -0.610. The van der Waals surface area contributed by atoms with Gasteiger partial charge in [0.15, 0.2) is 17.4 Å². The molecule has 0 aliphatic rings. The van der Waals surface area contributed by atoms with E-state index in [1.807, 2.05) is 0 Å². The Kier molecular flexibility index (Phi) is 4.44. The van der Waals surface area contributed by atoms with Crippen LogP contribution in [-0.4, -0.2) is 10.0 Å². The average Bonchev–Trinajstić information content (AvgIpc) is 2.46. The van der Waals surface area contributed by atoms with E-state index >= 15 is 0 Å². The molecular weight excluding hydrogens is 284 g/mol. The first-order valence-corrected chi connectivity index (χ1v) is 5.96. The number of ether oxygens (including phenoxy) is 1. The van der Waals surface area contributed by atoms with Crippen LogP contribution in [0.1, 0.15) is 11.1 Å². The summed E-state index contributed by atoms with van der Waals surface area (Å²) in [5, 5.41) is 19.3. The zero-order valence-corrected chi connectivity index (χ0v) is 10.8. The van der Waals surface area contributed by atoms with Gasteiger partial charge in [0, 0.05) is 12.1 Å². The topological polar surface area (TPSA) is 72.6 Å². The molecule has 5 nitrogen and oxygen atoms in total. The van der Waals surface area contributed by atoms with Crippen molar-refractivity contribution >= 4 is 5.69 Å². The number of hydrogen-bond acceptors (Lipinski definition) is 4. The summed E-state index contributed by atoms with van der Waals surface area (Å²) in [6, 6.07) is 7.40. The van der Waals surface area contributed by atoms with Gasteiger partial charge in [0.25, 0.3) is 5.69 Å². The number of hydrogen-bond donors (Lipinski definition) is 1. The third-order valence-corrected chi connectivity index (χ3v) is 2.77. The molecule has 0 bridgehead atoms. The number of nitrogens with zero attached hydrogens (tertiary/aromatic N) is 1. The van der Waals surface area contributed by atoms with Crippen LogP contribution < -0.4 is 4.74 Å². The van der Waals surface area contributed by atoms with E-state index in [4.69, 9.17) is 9.84 Å². The number of nitro benzene ring substituents is 1. The second-order valence-corrected chi connectivity index (χ2v) is 4.26. The molecule has 7 heteroatoms. The Bertz CT molecular complexity index is 636. The van der Waals surface area contributed by atoms with Crippen molar-refractivity contribution in [3.05, 3.63) is 69.3 Å². The van der Waals surface area contributed by atoms with Crippen LogP contribution in [0, 0.1) is 21.7 Å². The molecule has 0 radical (unpaired) electrons. The van der Waals surface area contributed by atoms with Crippen molar-refractivity contribution in [2.45, 2.75) is 13.2 Å². The molecule has 0 unspecified atom stereocenters. The molecule has 0 aromatic heterocycles. The Morgan fingerprint density at radius 3 is 2.14 bits per heavy atom. The standard InChI is InChI=1S/C14H11F2NO4/c15-12-5-10(7-18)6-13(16)14(12)21-8-9-1-3-11(4-2-9)17(19)20/h1-6,18H,7-8H2. The van der Waals surface area contributed by atoms with Crippen LogP contribution >= 0.6 is 0 Å². The van der Waals surface area contributed by atoms with Gasteiger partial charge in [0.2, 0.25) is 0 Å². The maximum absolute atomic E-state index is 13.6.